The van der Waals surface area contributed by atoms with Gasteiger partial charge in [0.15, 0.2) is 0 Å². The Morgan fingerprint density at radius 1 is 1.13 bits per heavy atom. The van der Waals surface area contributed by atoms with Crippen LogP contribution in [0.1, 0.15) is 30.2 Å². The molecule has 4 heteroatoms. The molecule has 2 rings (SSSR count). The van der Waals surface area contributed by atoms with Crippen molar-refractivity contribution in [2.45, 2.75) is 32.7 Å². The number of carbonyl (C=O) groups excluding carboxylic acids is 1. The molecular weight excluding hydrogens is 304 g/mol. The highest BCUT2D eigenvalue weighted by atomic mass is 32.1. The average Bonchev–Trinajstić information content (AvgIpc) is 3.06. The quantitative estimate of drug-likeness (QED) is 0.725. The third-order valence-electron chi connectivity index (χ3n) is 3.95. The predicted molar refractivity (Wildman–Crippen MR) is 99.1 cm³/mol. The summed E-state index contributed by atoms with van der Waals surface area (Å²) in [5, 5.41) is 2.09. The Bertz CT molecular complexity index is 590. The Morgan fingerprint density at radius 2 is 1.87 bits per heavy atom. The maximum atomic E-state index is 12.4. The second-order valence-corrected chi connectivity index (χ2v) is 6.93. The zero-order valence-electron chi connectivity index (χ0n) is 14.3. The summed E-state index contributed by atoms with van der Waals surface area (Å²) in [5.74, 6) is 0.251. The molecule has 1 aromatic heterocycles. The van der Waals surface area contributed by atoms with Crippen LogP contribution in [0, 0.1) is 0 Å². The fourth-order valence-electron chi connectivity index (χ4n) is 2.52. The van der Waals surface area contributed by atoms with Gasteiger partial charge in [-0.3, -0.25) is 4.79 Å². The van der Waals surface area contributed by atoms with E-state index in [1.807, 2.05) is 25.9 Å². The van der Waals surface area contributed by atoms with E-state index in [1.54, 1.807) is 11.3 Å². The molecule has 1 aromatic carbocycles. The summed E-state index contributed by atoms with van der Waals surface area (Å²) in [6, 6.07) is 12.6. The molecule has 3 nitrogen and oxygen atoms in total. The highest BCUT2D eigenvalue weighted by molar-refractivity contribution is 7.09. The van der Waals surface area contributed by atoms with E-state index in [0.717, 1.165) is 19.4 Å². The molecule has 0 aliphatic rings. The van der Waals surface area contributed by atoms with Crippen molar-refractivity contribution in [1.29, 1.82) is 0 Å². The molecule has 0 bridgehead atoms. The number of hydrogen-bond acceptors (Lipinski definition) is 3. The van der Waals surface area contributed by atoms with Gasteiger partial charge >= 0.3 is 0 Å². The van der Waals surface area contributed by atoms with Crippen molar-refractivity contribution < 1.29 is 4.79 Å². The lowest BCUT2D eigenvalue weighted by molar-refractivity contribution is -0.131. The molecule has 0 aliphatic carbocycles. The van der Waals surface area contributed by atoms with Gasteiger partial charge < -0.3 is 9.80 Å². The number of amides is 1. The molecule has 0 saturated heterocycles. The van der Waals surface area contributed by atoms with Gasteiger partial charge in [-0.1, -0.05) is 18.2 Å². The molecule has 0 fully saturated rings. The van der Waals surface area contributed by atoms with Crippen LogP contribution in [0.2, 0.25) is 0 Å². The van der Waals surface area contributed by atoms with Gasteiger partial charge in [-0.25, -0.2) is 0 Å². The number of aryl methyl sites for hydroxylation is 1. The first-order valence-electron chi connectivity index (χ1n) is 8.16. The van der Waals surface area contributed by atoms with Crippen molar-refractivity contribution in [3.05, 3.63) is 52.2 Å². The molecule has 1 amide bonds. The summed E-state index contributed by atoms with van der Waals surface area (Å²) in [7, 11) is 4.06. The van der Waals surface area contributed by atoms with Crippen LogP contribution in [0.4, 0.5) is 5.69 Å². The molecule has 1 heterocycles. The maximum Gasteiger partial charge on any atom is 0.222 e. The van der Waals surface area contributed by atoms with Crippen LogP contribution < -0.4 is 4.90 Å². The third kappa shape index (κ3) is 5.39. The molecule has 0 radical (unpaired) electrons. The lowest BCUT2D eigenvalue weighted by Crippen LogP contribution is -2.30. The minimum Gasteiger partial charge on any atom is -0.378 e. The van der Waals surface area contributed by atoms with E-state index in [1.165, 1.54) is 16.1 Å². The van der Waals surface area contributed by atoms with Crippen molar-refractivity contribution in [2.75, 3.05) is 25.5 Å². The molecule has 0 N–H and O–H groups in total. The summed E-state index contributed by atoms with van der Waals surface area (Å²) in [6.45, 7) is 3.50. The van der Waals surface area contributed by atoms with Gasteiger partial charge in [-0.15, -0.1) is 11.3 Å². The minimum absolute atomic E-state index is 0.251. The zero-order chi connectivity index (χ0) is 16.7. The van der Waals surface area contributed by atoms with Crippen molar-refractivity contribution in [1.82, 2.24) is 4.90 Å². The SMILES string of the molecule is CCN(Cc1ccc(N(C)C)cc1)C(=O)CCCc1cccs1. The van der Waals surface area contributed by atoms with E-state index in [-0.39, 0.29) is 5.91 Å². The lowest BCUT2D eigenvalue weighted by atomic mass is 10.1. The summed E-state index contributed by atoms with van der Waals surface area (Å²) < 4.78 is 0. The van der Waals surface area contributed by atoms with Crippen LogP contribution in [0.3, 0.4) is 0 Å². The van der Waals surface area contributed by atoms with Crippen LogP contribution >= 0.6 is 11.3 Å². The first kappa shape index (κ1) is 17.5. The summed E-state index contributed by atoms with van der Waals surface area (Å²) in [6.07, 6.45) is 2.55. The maximum absolute atomic E-state index is 12.4. The van der Waals surface area contributed by atoms with Crippen molar-refractivity contribution >= 4 is 22.9 Å². The van der Waals surface area contributed by atoms with E-state index in [4.69, 9.17) is 0 Å². The molecule has 0 atom stereocenters. The first-order chi connectivity index (χ1) is 11.1. The first-order valence-corrected chi connectivity index (χ1v) is 9.04. The predicted octanol–water partition coefficient (Wildman–Crippen LogP) is 4.19. The standard InChI is InChI=1S/C19H26N2OS/c1-4-21(15-16-10-12-17(13-11-16)20(2)3)19(22)9-5-7-18-8-6-14-23-18/h6,8,10-14H,4-5,7,9,15H2,1-3H3. The molecule has 0 saturated carbocycles. The highest BCUT2D eigenvalue weighted by Crippen LogP contribution is 2.16. The molecule has 2 aromatic rings. The monoisotopic (exact) mass is 330 g/mol. The van der Waals surface area contributed by atoms with E-state index in [2.05, 4.69) is 46.7 Å². The fraction of sp³-hybridized carbons (Fsp3) is 0.421. The van der Waals surface area contributed by atoms with Gasteiger partial charge in [-0.2, -0.15) is 0 Å². The van der Waals surface area contributed by atoms with E-state index >= 15 is 0 Å². The van der Waals surface area contributed by atoms with E-state index in [9.17, 15) is 4.79 Å². The van der Waals surface area contributed by atoms with Crippen LogP contribution in [0.5, 0.6) is 0 Å². The number of anilines is 1. The van der Waals surface area contributed by atoms with Crippen molar-refractivity contribution in [3.8, 4) is 0 Å². The minimum atomic E-state index is 0.251. The smallest absolute Gasteiger partial charge is 0.222 e. The average molecular weight is 330 g/mol. The Balaban J connectivity index is 1.84. The molecule has 0 unspecified atom stereocenters. The van der Waals surface area contributed by atoms with E-state index < -0.39 is 0 Å². The van der Waals surface area contributed by atoms with Gasteiger partial charge in [0.25, 0.3) is 0 Å². The summed E-state index contributed by atoms with van der Waals surface area (Å²) in [5.41, 5.74) is 2.36. The molecule has 124 valence electrons. The lowest BCUT2D eigenvalue weighted by Gasteiger charge is -2.21. The second kappa shape index (κ2) is 8.73. The molecule has 0 spiro atoms. The van der Waals surface area contributed by atoms with Crippen LogP contribution in [-0.4, -0.2) is 31.4 Å². The Morgan fingerprint density at radius 3 is 2.43 bits per heavy atom. The fourth-order valence-corrected chi connectivity index (χ4v) is 3.27. The van der Waals surface area contributed by atoms with Crippen LogP contribution in [0.25, 0.3) is 0 Å². The highest BCUT2D eigenvalue weighted by Gasteiger charge is 2.12. The Hall–Kier alpha value is -1.81. The number of hydrogen-bond donors (Lipinski definition) is 0. The van der Waals surface area contributed by atoms with E-state index in [0.29, 0.717) is 13.0 Å². The van der Waals surface area contributed by atoms with Gasteiger partial charge in [-0.05, 0) is 48.9 Å². The van der Waals surface area contributed by atoms with Gasteiger partial charge in [0.05, 0.1) is 0 Å². The van der Waals surface area contributed by atoms with Crippen molar-refractivity contribution in [2.24, 2.45) is 0 Å². The normalized spacial score (nSPS) is 10.6. The number of rotatable bonds is 8. The molecule has 0 aliphatic heterocycles. The number of benzene rings is 1. The number of thiophene rings is 1. The number of nitrogens with zero attached hydrogens (tertiary/aromatic N) is 2. The largest absolute Gasteiger partial charge is 0.378 e. The molecule has 23 heavy (non-hydrogen) atoms. The summed E-state index contributed by atoms with van der Waals surface area (Å²) in [4.78, 5) is 17.8. The van der Waals surface area contributed by atoms with Gasteiger partial charge in [0, 0.05) is 44.2 Å². The summed E-state index contributed by atoms with van der Waals surface area (Å²) >= 11 is 1.77. The van der Waals surface area contributed by atoms with Gasteiger partial charge in [0.1, 0.15) is 0 Å². The second-order valence-electron chi connectivity index (χ2n) is 5.90. The van der Waals surface area contributed by atoms with Crippen molar-refractivity contribution in [3.63, 3.8) is 0 Å². The zero-order valence-corrected chi connectivity index (χ0v) is 15.1. The topological polar surface area (TPSA) is 23.6 Å². The van der Waals surface area contributed by atoms with Gasteiger partial charge in [0.2, 0.25) is 5.91 Å². The molecular formula is C19H26N2OS. The number of carbonyl (C=O) groups is 1. The van der Waals surface area contributed by atoms with Crippen LogP contribution in [0.15, 0.2) is 41.8 Å². The van der Waals surface area contributed by atoms with Crippen LogP contribution in [-0.2, 0) is 17.8 Å². The third-order valence-corrected chi connectivity index (χ3v) is 4.89. The Labute approximate surface area is 143 Å². The Kier molecular flexibility index (Phi) is 6.66.